The highest BCUT2D eigenvalue weighted by molar-refractivity contribution is 6.32. The minimum atomic E-state index is -1.02. The van der Waals surface area contributed by atoms with Crippen molar-refractivity contribution in [1.29, 1.82) is 0 Å². The van der Waals surface area contributed by atoms with Gasteiger partial charge in [0, 0.05) is 29.1 Å². The zero-order chi connectivity index (χ0) is 23.7. The molecule has 0 spiro atoms. The third-order valence-electron chi connectivity index (χ3n) is 5.20. The minimum Gasteiger partial charge on any atom is -0.478 e. The molecule has 0 aliphatic heterocycles. The zero-order valence-electron chi connectivity index (χ0n) is 17.9. The number of hydrogen-bond donors (Lipinski definition) is 3. The number of hydrogen-bond acceptors (Lipinski definition) is 4. The lowest BCUT2D eigenvalue weighted by molar-refractivity contribution is 0.0695. The SMILES string of the molecule is Cc1ccc(Oc2nc3cc(C#Cc4ccc(-c5ncc[nH]5)cc4)c(Cl)cc3[nH]2)cc1C(=O)O. The van der Waals surface area contributed by atoms with E-state index in [4.69, 9.17) is 16.3 Å². The van der Waals surface area contributed by atoms with E-state index in [1.54, 1.807) is 43.6 Å². The summed E-state index contributed by atoms with van der Waals surface area (Å²) in [6.45, 7) is 1.73. The lowest BCUT2D eigenvalue weighted by Crippen LogP contribution is -2.00. The van der Waals surface area contributed by atoms with Crippen LogP contribution in [0.2, 0.25) is 5.02 Å². The molecule has 2 aromatic heterocycles. The summed E-state index contributed by atoms with van der Waals surface area (Å²) < 4.78 is 5.74. The first kappa shape index (κ1) is 21.3. The molecule has 0 saturated carbocycles. The molecule has 0 atom stereocenters. The molecule has 0 bridgehead atoms. The Morgan fingerprint density at radius 1 is 1.09 bits per heavy atom. The van der Waals surface area contributed by atoms with Crippen molar-refractivity contribution >= 4 is 28.6 Å². The average molecular weight is 469 g/mol. The van der Waals surface area contributed by atoms with Gasteiger partial charge in [-0.1, -0.05) is 41.6 Å². The Hall–Kier alpha value is -4.54. The van der Waals surface area contributed by atoms with Crippen LogP contribution >= 0.6 is 11.6 Å². The van der Waals surface area contributed by atoms with Crippen molar-refractivity contribution in [2.75, 3.05) is 0 Å². The van der Waals surface area contributed by atoms with Gasteiger partial charge in [-0.3, -0.25) is 0 Å². The fourth-order valence-corrected chi connectivity index (χ4v) is 3.64. The summed E-state index contributed by atoms with van der Waals surface area (Å²) in [5.74, 6) is 6.36. The summed E-state index contributed by atoms with van der Waals surface area (Å²) in [7, 11) is 0. The molecule has 34 heavy (non-hydrogen) atoms. The molecule has 3 N–H and O–H groups in total. The summed E-state index contributed by atoms with van der Waals surface area (Å²) >= 11 is 6.44. The van der Waals surface area contributed by atoms with Crippen LogP contribution in [0.3, 0.4) is 0 Å². The normalized spacial score (nSPS) is 10.6. The largest absolute Gasteiger partial charge is 0.478 e. The second-order valence-corrected chi connectivity index (χ2v) is 7.95. The zero-order valence-corrected chi connectivity index (χ0v) is 18.6. The lowest BCUT2D eigenvalue weighted by atomic mass is 10.1. The molecule has 2 heterocycles. The van der Waals surface area contributed by atoms with Crippen LogP contribution < -0.4 is 4.74 Å². The molecular weight excluding hydrogens is 452 g/mol. The number of H-pyrrole nitrogens is 2. The number of aromatic amines is 2. The number of aromatic carboxylic acids is 1. The van der Waals surface area contributed by atoms with E-state index in [0.29, 0.717) is 32.9 Å². The molecule has 5 rings (SSSR count). The Balaban J connectivity index is 1.39. The molecule has 5 aromatic rings. The molecule has 7 nitrogen and oxygen atoms in total. The number of nitrogens with zero attached hydrogens (tertiary/aromatic N) is 2. The molecule has 166 valence electrons. The number of carboxylic acids is 1. The van der Waals surface area contributed by atoms with Crippen LogP contribution in [0.25, 0.3) is 22.4 Å². The third kappa shape index (κ3) is 4.35. The summed E-state index contributed by atoms with van der Waals surface area (Å²) in [6, 6.07) is 16.3. The van der Waals surface area contributed by atoms with E-state index in [1.165, 1.54) is 6.07 Å². The number of nitrogens with one attached hydrogen (secondary N) is 2. The predicted molar refractivity (Wildman–Crippen MR) is 129 cm³/mol. The molecule has 3 aromatic carbocycles. The summed E-state index contributed by atoms with van der Waals surface area (Å²) in [6.07, 6.45) is 3.49. The number of aryl methyl sites for hydroxylation is 1. The van der Waals surface area contributed by atoms with Gasteiger partial charge in [0.15, 0.2) is 0 Å². The molecule has 0 fully saturated rings. The van der Waals surface area contributed by atoms with Crippen LogP contribution in [-0.4, -0.2) is 31.0 Å². The number of benzene rings is 3. The van der Waals surface area contributed by atoms with Crippen LogP contribution in [0.5, 0.6) is 11.8 Å². The van der Waals surface area contributed by atoms with Gasteiger partial charge >= 0.3 is 5.97 Å². The van der Waals surface area contributed by atoms with E-state index in [-0.39, 0.29) is 11.6 Å². The Bertz CT molecular complexity index is 1580. The first-order valence-corrected chi connectivity index (χ1v) is 10.7. The number of carbonyl (C=O) groups is 1. The van der Waals surface area contributed by atoms with E-state index < -0.39 is 5.97 Å². The molecule has 0 aliphatic carbocycles. The van der Waals surface area contributed by atoms with Gasteiger partial charge in [0.2, 0.25) is 0 Å². The summed E-state index contributed by atoms with van der Waals surface area (Å²) in [5, 5.41) is 9.79. The third-order valence-corrected chi connectivity index (χ3v) is 5.51. The maximum absolute atomic E-state index is 11.4. The smallest absolute Gasteiger partial charge is 0.336 e. The van der Waals surface area contributed by atoms with Crippen molar-refractivity contribution in [3.63, 3.8) is 0 Å². The van der Waals surface area contributed by atoms with Crippen molar-refractivity contribution in [2.24, 2.45) is 0 Å². The first-order chi connectivity index (χ1) is 16.5. The van der Waals surface area contributed by atoms with Gasteiger partial charge < -0.3 is 19.8 Å². The van der Waals surface area contributed by atoms with Gasteiger partial charge in [0.25, 0.3) is 6.01 Å². The average Bonchev–Trinajstić information content (AvgIpc) is 3.49. The van der Waals surface area contributed by atoms with E-state index >= 15 is 0 Å². The van der Waals surface area contributed by atoms with Crippen molar-refractivity contribution in [2.45, 2.75) is 6.92 Å². The monoisotopic (exact) mass is 468 g/mol. The second-order valence-electron chi connectivity index (χ2n) is 7.54. The second kappa shape index (κ2) is 8.77. The topological polar surface area (TPSA) is 104 Å². The highest BCUT2D eigenvalue weighted by Crippen LogP contribution is 2.27. The lowest BCUT2D eigenvalue weighted by Gasteiger charge is -2.05. The molecule has 0 saturated heterocycles. The Morgan fingerprint density at radius 3 is 2.65 bits per heavy atom. The predicted octanol–water partition coefficient (Wildman–Crippen LogP) is 5.81. The fraction of sp³-hybridized carbons (Fsp3) is 0.0385. The molecule has 8 heteroatoms. The maximum Gasteiger partial charge on any atom is 0.336 e. The Kier molecular flexibility index (Phi) is 5.50. The van der Waals surface area contributed by atoms with Gasteiger partial charge in [-0.15, -0.1) is 0 Å². The number of ether oxygens (including phenoxy) is 1. The van der Waals surface area contributed by atoms with Gasteiger partial charge in [-0.05, 0) is 48.9 Å². The minimum absolute atomic E-state index is 0.173. The highest BCUT2D eigenvalue weighted by atomic mass is 35.5. The Labute approximate surface area is 199 Å². The first-order valence-electron chi connectivity index (χ1n) is 10.3. The summed E-state index contributed by atoms with van der Waals surface area (Å²) in [5.41, 5.74) is 4.57. The van der Waals surface area contributed by atoms with Crippen LogP contribution in [-0.2, 0) is 0 Å². The number of carboxylic acid groups (broad SMARTS) is 1. The van der Waals surface area contributed by atoms with Crippen molar-refractivity contribution < 1.29 is 14.6 Å². The molecule has 0 unspecified atom stereocenters. The van der Waals surface area contributed by atoms with Gasteiger partial charge in [0.1, 0.15) is 11.6 Å². The van der Waals surface area contributed by atoms with Crippen LogP contribution in [0.1, 0.15) is 27.0 Å². The van der Waals surface area contributed by atoms with Gasteiger partial charge in [0.05, 0.1) is 21.6 Å². The van der Waals surface area contributed by atoms with Crippen LogP contribution in [0, 0.1) is 18.8 Å². The van der Waals surface area contributed by atoms with E-state index in [9.17, 15) is 9.90 Å². The quantitative estimate of drug-likeness (QED) is 0.289. The van der Waals surface area contributed by atoms with E-state index in [0.717, 1.165) is 17.0 Å². The van der Waals surface area contributed by atoms with Crippen molar-refractivity contribution in [3.05, 3.63) is 94.3 Å². The van der Waals surface area contributed by atoms with Gasteiger partial charge in [-0.2, -0.15) is 4.98 Å². The number of halogens is 1. The standard InChI is InChI=1S/C26H17ClN4O3/c1-15-2-9-19(13-20(15)25(32)33)34-26-30-22-12-18(21(27)14-23(22)31-26)8-5-16-3-6-17(7-4-16)24-28-10-11-29-24/h2-4,6-7,9-14H,1H3,(H,28,29)(H,30,31)(H,32,33). The van der Waals surface area contributed by atoms with Crippen LogP contribution in [0.15, 0.2) is 67.0 Å². The van der Waals surface area contributed by atoms with Crippen LogP contribution in [0.4, 0.5) is 0 Å². The number of rotatable bonds is 4. The highest BCUT2D eigenvalue weighted by Gasteiger charge is 2.12. The van der Waals surface area contributed by atoms with E-state index in [1.807, 2.05) is 24.3 Å². The maximum atomic E-state index is 11.4. The Morgan fingerprint density at radius 2 is 1.91 bits per heavy atom. The molecule has 0 amide bonds. The molecule has 0 aliphatic rings. The molecule has 0 radical (unpaired) electrons. The van der Waals surface area contributed by atoms with Crippen molar-refractivity contribution in [1.82, 2.24) is 19.9 Å². The fourth-order valence-electron chi connectivity index (χ4n) is 3.43. The van der Waals surface area contributed by atoms with E-state index in [2.05, 4.69) is 31.8 Å². The van der Waals surface area contributed by atoms with Crippen molar-refractivity contribution in [3.8, 4) is 35.0 Å². The number of imidazole rings is 2. The number of fused-ring (bicyclic) bond motifs is 1. The van der Waals surface area contributed by atoms with Gasteiger partial charge in [-0.25, -0.2) is 9.78 Å². The number of aromatic nitrogens is 4. The molecular formula is C26H17ClN4O3. The summed E-state index contributed by atoms with van der Waals surface area (Å²) in [4.78, 5) is 26.2.